The highest BCUT2D eigenvalue weighted by atomic mass is 15.1. The van der Waals surface area contributed by atoms with E-state index in [9.17, 15) is 0 Å². The first-order valence-corrected chi connectivity index (χ1v) is 22.5. The first-order valence-electron chi connectivity index (χ1n) is 22.5. The third-order valence-electron chi connectivity index (χ3n) is 10.8. The zero-order chi connectivity index (χ0) is 36.0. The van der Waals surface area contributed by atoms with E-state index in [1.807, 2.05) is 0 Å². The summed E-state index contributed by atoms with van der Waals surface area (Å²) < 4.78 is 2.33. The summed E-state index contributed by atoms with van der Waals surface area (Å²) in [6.07, 6.45) is 45.3. The summed E-state index contributed by atoms with van der Waals surface area (Å²) >= 11 is 0. The van der Waals surface area contributed by atoms with Gasteiger partial charge in [0, 0.05) is 25.5 Å². The van der Waals surface area contributed by atoms with Gasteiger partial charge in [-0.25, -0.2) is 0 Å². The molecule has 0 aliphatic rings. The highest BCUT2D eigenvalue weighted by Gasteiger charge is 2.11. The Bertz CT molecular complexity index is 752. The van der Waals surface area contributed by atoms with Crippen LogP contribution >= 0.6 is 0 Å². The largest absolute Gasteiger partial charge is 0.354 e. The summed E-state index contributed by atoms with van der Waals surface area (Å²) in [6, 6.07) is 4.28. The molecule has 0 spiro atoms. The summed E-state index contributed by atoms with van der Waals surface area (Å²) in [5.74, 6) is 1.64. The van der Waals surface area contributed by atoms with Crippen LogP contribution in [0.5, 0.6) is 0 Å². The predicted octanol–water partition coefficient (Wildman–Crippen LogP) is 16.0. The van der Waals surface area contributed by atoms with Crippen LogP contribution in [0.4, 0.5) is 0 Å². The molecule has 2 heteroatoms. The fourth-order valence-electron chi connectivity index (χ4n) is 7.37. The standard InChI is InChI=1S/C29H56N2.C18H36/c1-4-6-8-10-11-12-13-14-15-17-22-29(3)28-31(25-18-16-9-7-5-2)27-21-26-30-23-19-20-24-30;1-5-7-9-11-12-14-16-18(17(3)4)15-13-10-8-6-2/h19-20,23-24,29H,4-18,21-22,25-28H2,1-3H3;18H,3,5-16H2,1-2,4H3. The van der Waals surface area contributed by atoms with Crippen molar-refractivity contribution in [3.8, 4) is 0 Å². The molecule has 0 radical (unpaired) electrons. The molecule has 0 aromatic carbocycles. The number of aryl methyl sites for hydroxylation is 1. The van der Waals surface area contributed by atoms with Crippen LogP contribution in [0, 0.1) is 11.8 Å². The highest BCUT2D eigenvalue weighted by Crippen LogP contribution is 2.24. The lowest BCUT2D eigenvalue weighted by molar-refractivity contribution is 0.219. The van der Waals surface area contributed by atoms with Crippen LogP contribution in [0.2, 0.25) is 0 Å². The number of allylic oxidation sites excluding steroid dienone is 1. The molecule has 49 heavy (non-hydrogen) atoms. The Morgan fingerprint density at radius 1 is 0.510 bits per heavy atom. The second-order valence-electron chi connectivity index (χ2n) is 16.0. The average Bonchev–Trinajstić information content (AvgIpc) is 3.61. The van der Waals surface area contributed by atoms with Crippen LogP contribution in [0.3, 0.4) is 0 Å². The van der Waals surface area contributed by atoms with Crippen molar-refractivity contribution in [1.82, 2.24) is 9.47 Å². The molecule has 0 fully saturated rings. The Morgan fingerprint density at radius 2 is 0.878 bits per heavy atom. The molecule has 0 bridgehead atoms. The van der Waals surface area contributed by atoms with Crippen LogP contribution < -0.4 is 0 Å². The molecule has 1 aromatic rings. The maximum absolute atomic E-state index is 4.18. The van der Waals surface area contributed by atoms with Gasteiger partial charge in [-0.3, -0.25) is 0 Å². The molecule has 2 nitrogen and oxygen atoms in total. The van der Waals surface area contributed by atoms with Gasteiger partial charge in [0.1, 0.15) is 0 Å². The molecule has 0 N–H and O–H groups in total. The highest BCUT2D eigenvalue weighted by molar-refractivity contribution is 4.95. The predicted molar refractivity (Wildman–Crippen MR) is 225 cm³/mol. The minimum absolute atomic E-state index is 0.799. The zero-order valence-electron chi connectivity index (χ0n) is 34.9. The van der Waals surface area contributed by atoms with Crippen LogP contribution in [0.15, 0.2) is 36.7 Å². The fourth-order valence-corrected chi connectivity index (χ4v) is 7.37. The summed E-state index contributed by atoms with van der Waals surface area (Å²) in [7, 11) is 0. The van der Waals surface area contributed by atoms with Crippen molar-refractivity contribution in [2.24, 2.45) is 11.8 Å². The number of rotatable bonds is 36. The van der Waals surface area contributed by atoms with Gasteiger partial charge in [-0.15, -0.1) is 0 Å². The number of aromatic nitrogens is 1. The van der Waals surface area contributed by atoms with E-state index in [0.29, 0.717) is 0 Å². The van der Waals surface area contributed by atoms with Gasteiger partial charge >= 0.3 is 0 Å². The third kappa shape index (κ3) is 33.9. The number of hydrogen-bond donors (Lipinski definition) is 0. The molecule has 0 amide bonds. The van der Waals surface area contributed by atoms with Gasteiger partial charge < -0.3 is 9.47 Å². The Morgan fingerprint density at radius 3 is 1.33 bits per heavy atom. The molecular formula is C47H92N2. The summed E-state index contributed by atoms with van der Waals surface area (Å²) in [5, 5.41) is 0. The van der Waals surface area contributed by atoms with E-state index in [4.69, 9.17) is 0 Å². The minimum Gasteiger partial charge on any atom is -0.354 e. The molecule has 2 unspecified atom stereocenters. The van der Waals surface area contributed by atoms with Crippen LogP contribution in [-0.2, 0) is 6.54 Å². The lowest BCUT2D eigenvalue weighted by atomic mass is 9.89. The van der Waals surface area contributed by atoms with E-state index in [0.717, 1.165) is 18.4 Å². The van der Waals surface area contributed by atoms with Crippen molar-refractivity contribution in [1.29, 1.82) is 0 Å². The summed E-state index contributed by atoms with van der Waals surface area (Å²) in [5.41, 5.74) is 1.42. The van der Waals surface area contributed by atoms with E-state index >= 15 is 0 Å². The van der Waals surface area contributed by atoms with Crippen molar-refractivity contribution in [3.05, 3.63) is 36.7 Å². The smallest absolute Gasteiger partial charge is 0.0231 e. The molecule has 0 aliphatic carbocycles. The van der Waals surface area contributed by atoms with Crippen molar-refractivity contribution < 1.29 is 0 Å². The van der Waals surface area contributed by atoms with Gasteiger partial charge in [0.25, 0.3) is 0 Å². The van der Waals surface area contributed by atoms with E-state index in [-0.39, 0.29) is 0 Å². The molecule has 0 saturated heterocycles. The van der Waals surface area contributed by atoms with Gasteiger partial charge in [-0.2, -0.15) is 0 Å². The zero-order valence-corrected chi connectivity index (χ0v) is 34.9. The van der Waals surface area contributed by atoms with Gasteiger partial charge in [-0.05, 0) is 76.1 Å². The molecule has 290 valence electrons. The van der Waals surface area contributed by atoms with Gasteiger partial charge in [0.05, 0.1) is 0 Å². The van der Waals surface area contributed by atoms with Crippen molar-refractivity contribution in [3.63, 3.8) is 0 Å². The maximum atomic E-state index is 4.18. The quantitative estimate of drug-likeness (QED) is 0.0504. The van der Waals surface area contributed by atoms with E-state index in [2.05, 4.69) is 82.1 Å². The van der Waals surface area contributed by atoms with Crippen molar-refractivity contribution in [2.75, 3.05) is 19.6 Å². The Labute approximate surface area is 311 Å². The third-order valence-corrected chi connectivity index (χ3v) is 10.8. The molecule has 1 aromatic heterocycles. The fraction of sp³-hybridized carbons (Fsp3) is 0.872. The summed E-state index contributed by atoms with van der Waals surface area (Å²) in [4.78, 5) is 2.77. The molecule has 2 atom stereocenters. The van der Waals surface area contributed by atoms with Crippen LogP contribution in [-0.4, -0.2) is 29.1 Å². The molecule has 1 heterocycles. The molecule has 0 saturated carbocycles. The lowest BCUT2D eigenvalue weighted by Crippen LogP contribution is -2.31. The Balaban J connectivity index is 0.00000109. The SMILES string of the molecule is C=C(C)C(CCCCCC)CCCCCCCC.CCCCCCCCCCCCC(C)CN(CCCCCCC)CCCn1cccc1. The van der Waals surface area contributed by atoms with E-state index < -0.39 is 0 Å². The van der Waals surface area contributed by atoms with Crippen LogP contribution in [0.25, 0.3) is 0 Å². The molecular weight excluding hydrogens is 593 g/mol. The topological polar surface area (TPSA) is 8.17 Å². The van der Waals surface area contributed by atoms with Gasteiger partial charge in [0.15, 0.2) is 0 Å². The number of unbranched alkanes of at least 4 members (excludes halogenated alkanes) is 21. The monoisotopic (exact) mass is 685 g/mol. The van der Waals surface area contributed by atoms with Crippen LogP contribution in [0.1, 0.15) is 228 Å². The molecule has 1 rings (SSSR count). The Kier molecular flexibility index (Phi) is 37.4. The Hall–Kier alpha value is -1.02. The second-order valence-corrected chi connectivity index (χ2v) is 16.0. The first-order chi connectivity index (χ1) is 24.0. The number of hydrogen-bond acceptors (Lipinski definition) is 1. The maximum Gasteiger partial charge on any atom is 0.0231 e. The minimum atomic E-state index is 0.799. The average molecular weight is 685 g/mol. The lowest BCUT2D eigenvalue weighted by Gasteiger charge is -2.26. The molecule has 0 aliphatic heterocycles. The van der Waals surface area contributed by atoms with E-state index in [1.165, 1.54) is 211 Å². The van der Waals surface area contributed by atoms with Crippen molar-refractivity contribution in [2.45, 2.75) is 234 Å². The van der Waals surface area contributed by atoms with E-state index in [1.54, 1.807) is 0 Å². The number of nitrogens with zero attached hydrogens (tertiary/aromatic N) is 2. The van der Waals surface area contributed by atoms with Gasteiger partial charge in [0.2, 0.25) is 0 Å². The normalized spacial score (nSPS) is 12.6. The van der Waals surface area contributed by atoms with Gasteiger partial charge in [-0.1, -0.05) is 201 Å². The van der Waals surface area contributed by atoms with Crippen molar-refractivity contribution >= 4 is 0 Å². The summed E-state index contributed by atoms with van der Waals surface area (Å²) in [6.45, 7) is 23.1. The second kappa shape index (κ2) is 38.2. The first kappa shape index (κ1) is 48.0.